The molecule has 1 aromatic heterocycles. The van der Waals surface area contributed by atoms with Crippen molar-refractivity contribution < 1.29 is 4.74 Å². The zero-order chi connectivity index (χ0) is 12.4. The minimum atomic E-state index is 0.475. The Balaban J connectivity index is 1.80. The zero-order valence-corrected chi connectivity index (χ0v) is 15.2. The van der Waals surface area contributed by atoms with E-state index in [4.69, 9.17) is 4.74 Å². The van der Waals surface area contributed by atoms with Crippen LogP contribution >= 0.6 is 59.1 Å². The highest BCUT2D eigenvalue weighted by Crippen LogP contribution is 2.44. The Bertz CT molecular complexity index is 354. The van der Waals surface area contributed by atoms with Crippen LogP contribution in [0, 0.1) is 5.92 Å². The maximum atomic E-state index is 5.59. The lowest BCUT2D eigenvalue weighted by Crippen LogP contribution is -2.31. The molecule has 1 unspecified atom stereocenters. The van der Waals surface area contributed by atoms with Crippen molar-refractivity contribution in [3.8, 4) is 0 Å². The lowest BCUT2D eigenvalue weighted by Gasteiger charge is -2.35. The molecule has 1 atom stereocenters. The minimum Gasteiger partial charge on any atom is -0.378 e. The molecular formula is C12H15Br3OS. The highest BCUT2D eigenvalue weighted by atomic mass is 79.9. The van der Waals surface area contributed by atoms with Gasteiger partial charge in [0.05, 0.1) is 9.89 Å². The molecule has 1 fully saturated rings. The van der Waals surface area contributed by atoms with Gasteiger partial charge in [0.2, 0.25) is 0 Å². The molecule has 17 heavy (non-hydrogen) atoms. The van der Waals surface area contributed by atoms with Crippen molar-refractivity contribution in [2.75, 3.05) is 6.61 Å². The Hall–Kier alpha value is 1.10. The lowest BCUT2D eigenvalue weighted by molar-refractivity contribution is -0.0264. The Kier molecular flexibility index (Phi) is 5.55. The van der Waals surface area contributed by atoms with Crippen LogP contribution in [0.1, 0.15) is 35.9 Å². The van der Waals surface area contributed by atoms with Gasteiger partial charge < -0.3 is 4.74 Å². The predicted octanol–water partition coefficient (Wildman–Crippen LogP) is 5.91. The first-order valence-corrected chi connectivity index (χ1v) is 9.12. The summed E-state index contributed by atoms with van der Waals surface area (Å²) in [5, 5.41) is 0. The average molecular weight is 447 g/mol. The van der Waals surface area contributed by atoms with Crippen LogP contribution < -0.4 is 0 Å². The van der Waals surface area contributed by atoms with E-state index in [1.54, 1.807) is 11.3 Å². The second kappa shape index (κ2) is 6.51. The summed E-state index contributed by atoms with van der Waals surface area (Å²) in [5.41, 5.74) is 0. The molecule has 1 aliphatic rings. The van der Waals surface area contributed by atoms with Crippen LogP contribution in [0.25, 0.3) is 0 Å². The topological polar surface area (TPSA) is 9.23 Å². The summed E-state index contributed by atoms with van der Waals surface area (Å²) in [5.74, 6) is 0.815. The molecule has 5 heteroatoms. The maximum Gasteiger partial charge on any atom is 0.0843 e. The number of alkyl halides is 1. The normalized spacial score (nSPS) is 25.6. The molecule has 1 aliphatic carbocycles. The third-order valence-corrected chi connectivity index (χ3v) is 7.65. The van der Waals surface area contributed by atoms with Crippen LogP contribution in [0.5, 0.6) is 0 Å². The summed E-state index contributed by atoms with van der Waals surface area (Å²) in [7, 11) is 0. The first-order valence-electron chi connectivity index (χ1n) is 5.80. The summed E-state index contributed by atoms with van der Waals surface area (Å²) in [6, 6.07) is 2.20. The standard InChI is InChI=1S/C12H15Br3OS/c1-2-16-8-3-7(4-8)5-9(13)11-6-10(14)12(15)17-11/h6-9H,2-5H2,1H3. The number of hydrogen-bond acceptors (Lipinski definition) is 2. The number of hydrogen-bond donors (Lipinski definition) is 0. The highest BCUT2D eigenvalue weighted by Gasteiger charge is 2.31. The summed E-state index contributed by atoms with van der Waals surface area (Å²) in [6.45, 7) is 2.92. The molecule has 0 aliphatic heterocycles. The van der Waals surface area contributed by atoms with E-state index in [-0.39, 0.29) is 0 Å². The molecule has 0 bridgehead atoms. The van der Waals surface area contributed by atoms with Crippen LogP contribution in [0.3, 0.4) is 0 Å². The zero-order valence-electron chi connectivity index (χ0n) is 9.59. The van der Waals surface area contributed by atoms with Gasteiger partial charge in [0.1, 0.15) is 0 Å². The van der Waals surface area contributed by atoms with Crippen LogP contribution in [0.15, 0.2) is 14.3 Å². The molecule has 0 amide bonds. The highest BCUT2D eigenvalue weighted by molar-refractivity contribution is 9.13. The first-order chi connectivity index (χ1) is 8.10. The average Bonchev–Trinajstić information content (AvgIpc) is 2.56. The van der Waals surface area contributed by atoms with Gasteiger partial charge in [-0.1, -0.05) is 15.9 Å². The van der Waals surface area contributed by atoms with E-state index in [0.717, 1.165) is 17.0 Å². The van der Waals surface area contributed by atoms with Gasteiger partial charge >= 0.3 is 0 Å². The third kappa shape index (κ3) is 3.78. The predicted molar refractivity (Wildman–Crippen MR) is 84.1 cm³/mol. The SMILES string of the molecule is CCOC1CC(CC(Br)c2cc(Br)c(Br)s2)C1. The van der Waals surface area contributed by atoms with Crippen LogP contribution in [0.4, 0.5) is 0 Å². The molecular weight excluding hydrogens is 432 g/mol. The molecule has 0 N–H and O–H groups in total. The fraction of sp³-hybridized carbons (Fsp3) is 0.667. The van der Waals surface area contributed by atoms with Gasteiger partial charge in [0, 0.05) is 20.8 Å². The first kappa shape index (κ1) is 14.5. The van der Waals surface area contributed by atoms with E-state index in [1.807, 2.05) is 0 Å². The van der Waals surface area contributed by atoms with Gasteiger partial charge in [0.25, 0.3) is 0 Å². The Labute approximate surface area is 132 Å². The van der Waals surface area contributed by atoms with Gasteiger partial charge in [-0.2, -0.15) is 0 Å². The largest absolute Gasteiger partial charge is 0.378 e. The second-order valence-corrected chi connectivity index (χ2v) is 8.75. The Morgan fingerprint density at radius 1 is 1.47 bits per heavy atom. The molecule has 0 saturated heterocycles. The number of thiophene rings is 1. The summed E-state index contributed by atoms with van der Waals surface area (Å²) >= 11 is 12.7. The van der Waals surface area contributed by atoms with Crippen LogP contribution in [-0.4, -0.2) is 12.7 Å². The maximum absolute atomic E-state index is 5.59. The number of rotatable bonds is 5. The molecule has 2 rings (SSSR count). The van der Waals surface area contributed by atoms with E-state index in [2.05, 4.69) is 60.8 Å². The van der Waals surface area contributed by atoms with Gasteiger partial charge in [-0.3, -0.25) is 0 Å². The van der Waals surface area contributed by atoms with E-state index in [1.165, 1.54) is 27.9 Å². The minimum absolute atomic E-state index is 0.475. The Morgan fingerprint density at radius 2 is 2.18 bits per heavy atom. The number of ether oxygens (including phenoxy) is 1. The smallest absolute Gasteiger partial charge is 0.0843 e. The van der Waals surface area contributed by atoms with E-state index in [9.17, 15) is 0 Å². The van der Waals surface area contributed by atoms with Crippen molar-refractivity contribution in [3.05, 3.63) is 19.2 Å². The van der Waals surface area contributed by atoms with Crippen molar-refractivity contribution in [1.29, 1.82) is 0 Å². The van der Waals surface area contributed by atoms with Crippen LogP contribution in [0.2, 0.25) is 0 Å². The molecule has 0 spiro atoms. The van der Waals surface area contributed by atoms with E-state index in [0.29, 0.717) is 10.9 Å². The summed E-state index contributed by atoms with van der Waals surface area (Å²) < 4.78 is 7.92. The lowest BCUT2D eigenvalue weighted by atomic mass is 9.79. The van der Waals surface area contributed by atoms with Crippen LogP contribution in [-0.2, 0) is 4.74 Å². The van der Waals surface area contributed by atoms with Gasteiger partial charge in [-0.25, -0.2) is 0 Å². The molecule has 1 aromatic rings. The fourth-order valence-electron chi connectivity index (χ4n) is 2.17. The summed E-state index contributed by atoms with van der Waals surface area (Å²) in [4.78, 5) is 1.87. The van der Waals surface area contributed by atoms with E-state index >= 15 is 0 Å². The number of halogens is 3. The van der Waals surface area contributed by atoms with E-state index < -0.39 is 0 Å². The molecule has 0 radical (unpaired) electrons. The monoisotopic (exact) mass is 444 g/mol. The van der Waals surface area contributed by atoms with Crippen molar-refractivity contribution in [1.82, 2.24) is 0 Å². The van der Waals surface area contributed by atoms with Crippen molar-refractivity contribution >= 4 is 59.1 Å². The van der Waals surface area contributed by atoms with Crippen molar-refractivity contribution in [2.24, 2.45) is 5.92 Å². The molecule has 0 aromatic carbocycles. The van der Waals surface area contributed by atoms with Gasteiger partial charge in [-0.15, -0.1) is 11.3 Å². The van der Waals surface area contributed by atoms with Gasteiger partial charge in [0.15, 0.2) is 0 Å². The fourth-order valence-corrected chi connectivity index (χ4v) is 5.19. The molecule has 1 heterocycles. The molecule has 1 nitrogen and oxygen atoms in total. The summed E-state index contributed by atoms with van der Waals surface area (Å²) in [6.07, 6.45) is 4.18. The van der Waals surface area contributed by atoms with Gasteiger partial charge in [-0.05, 0) is 70.0 Å². The quantitative estimate of drug-likeness (QED) is 0.510. The van der Waals surface area contributed by atoms with Crippen molar-refractivity contribution in [3.63, 3.8) is 0 Å². The molecule has 96 valence electrons. The Morgan fingerprint density at radius 3 is 2.71 bits per heavy atom. The second-order valence-electron chi connectivity index (χ2n) is 4.39. The molecule has 1 saturated carbocycles. The third-order valence-electron chi connectivity index (χ3n) is 3.11. The van der Waals surface area contributed by atoms with Crippen molar-refractivity contribution in [2.45, 2.75) is 37.1 Å².